The average molecular weight is 270 g/mol. The summed E-state index contributed by atoms with van der Waals surface area (Å²) in [4.78, 5) is 14.2. The van der Waals surface area contributed by atoms with Crippen molar-refractivity contribution in [2.75, 3.05) is 26.3 Å². The second kappa shape index (κ2) is 7.22. The summed E-state index contributed by atoms with van der Waals surface area (Å²) in [5.41, 5.74) is 5.89. The Morgan fingerprint density at radius 1 is 1.21 bits per heavy atom. The van der Waals surface area contributed by atoms with Crippen molar-refractivity contribution in [3.8, 4) is 0 Å². The number of hydrogen-bond donors (Lipinski definition) is 1. The lowest BCUT2D eigenvalue weighted by molar-refractivity contribution is -0.136. The van der Waals surface area contributed by atoms with Crippen molar-refractivity contribution < 1.29 is 14.3 Å². The molecule has 0 bridgehead atoms. The Hall–Kier alpha value is -0.650. The number of nitrogens with two attached hydrogens (primary N) is 1. The van der Waals surface area contributed by atoms with Crippen LogP contribution in [0.15, 0.2) is 0 Å². The lowest BCUT2D eigenvalue weighted by Crippen LogP contribution is -2.49. The quantitative estimate of drug-likeness (QED) is 0.779. The molecule has 2 aliphatic heterocycles. The van der Waals surface area contributed by atoms with E-state index in [2.05, 4.69) is 0 Å². The van der Waals surface area contributed by atoms with Crippen LogP contribution in [0, 0.1) is 0 Å². The van der Waals surface area contributed by atoms with Crippen molar-refractivity contribution in [1.29, 1.82) is 0 Å². The van der Waals surface area contributed by atoms with Crippen LogP contribution in [0.1, 0.15) is 39.0 Å². The van der Waals surface area contributed by atoms with Gasteiger partial charge < -0.3 is 20.1 Å². The Balaban J connectivity index is 1.92. The number of carbonyl (C=O) groups excluding carboxylic acids is 1. The van der Waals surface area contributed by atoms with Crippen LogP contribution in [0.2, 0.25) is 0 Å². The van der Waals surface area contributed by atoms with E-state index in [9.17, 15) is 4.79 Å². The molecule has 2 heterocycles. The van der Waals surface area contributed by atoms with Crippen LogP contribution >= 0.6 is 0 Å². The van der Waals surface area contributed by atoms with E-state index in [1.54, 1.807) is 0 Å². The van der Waals surface area contributed by atoms with Crippen molar-refractivity contribution in [3.63, 3.8) is 0 Å². The first-order chi connectivity index (χ1) is 9.20. The van der Waals surface area contributed by atoms with Gasteiger partial charge in [-0.3, -0.25) is 4.79 Å². The maximum absolute atomic E-state index is 12.3. The number of rotatable bonds is 6. The van der Waals surface area contributed by atoms with Gasteiger partial charge in [0.15, 0.2) is 0 Å². The highest BCUT2D eigenvalue weighted by Gasteiger charge is 2.28. The predicted octanol–water partition coefficient (Wildman–Crippen LogP) is 0.910. The highest BCUT2D eigenvalue weighted by Crippen LogP contribution is 2.18. The maximum Gasteiger partial charge on any atom is 0.239 e. The van der Waals surface area contributed by atoms with Crippen molar-refractivity contribution in [2.24, 2.45) is 5.73 Å². The van der Waals surface area contributed by atoms with E-state index in [1.807, 2.05) is 11.8 Å². The summed E-state index contributed by atoms with van der Waals surface area (Å²) in [6.45, 7) is 4.89. The second-order valence-electron chi connectivity index (χ2n) is 5.53. The molecular weight excluding hydrogens is 244 g/mol. The first-order valence-corrected chi connectivity index (χ1v) is 7.48. The smallest absolute Gasteiger partial charge is 0.239 e. The van der Waals surface area contributed by atoms with E-state index in [0.29, 0.717) is 19.5 Å². The summed E-state index contributed by atoms with van der Waals surface area (Å²) in [7, 11) is 0. The Bertz CT molecular complexity index is 268. The molecule has 3 unspecified atom stereocenters. The summed E-state index contributed by atoms with van der Waals surface area (Å²) in [5.74, 6) is 0.0356. The number of ether oxygens (including phenoxy) is 2. The molecule has 0 spiro atoms. The zero-order chi connectivity index (χ0) is 13.7. The Morgan fingerprint density at radius 3 is 2.11 bits per heavy atom. The van der Waals surface area contributed by atoms with Crippen molar-refractivity contribution >= 4 is 5.91 Å². The third kappa shape index (κ3) is 4.16. The van der Waals surface area contributed by atoms with Crippen molar-refractivity contribution in [2.45, 2.75) is 57.3 Å². The van der Waals surface area contributed by atoms with Gasteiger partial charge in [0.1, 0.15) is 0 Å². The zero-order valence-electron chi connectivity index (χ0n) is 11.8. The average Bonchev–Trinajstić information content (AvgIpc) is 3.09. The minimum absolute atomic E-state index is 0.0356. The number of hydrogen-bond acceptors (Lipinski definition) is 4. The fourth-order valence-electron chi connectivity index (χ4n) is 2.73. The molecule has 19 heavy (non-hydrogen) atoms. The molecule has 2 rings (SSSR count). The Labute approximate surface area is 115 Å². The van der Waals surface area contributed by atoms with Gasteiger partial charge in [0.25, 0.3) is 0 Å². The van der Waals surface area contributed by atoms with E-state index in [-0.39, 0.29) is 18.1 Å². The van der Waals surface area contributed by atoms with E-state index < -0.39 is 6.04 Å². The highest BCUT2D eigenvalue weighted by molar-refractivity contribution is 5.81. The van der Waals surface area contributed by atoms with Gasteiger partial charge in [-0.15, -0.1) is 0 Å². The molecule has 0 radical (unpaired) electrons. The molecule has 0 aliphatic carbocycles. The van der Waals surface area contributed by atoms with E-state index in [4.69, 9.17) is 15.2 Å². The van der Waals surface area contributed by atoms with E-state index in [0.717, 1.165) is 38.9 Å². The molecule has 2 saturated heterocycles. The third-order valence-corrected chi connectivity index (χ3v) is 3.96. The molecular formula is C14H26N2O3. The summed E-state index contributed by atoms with van der Waals surface area (Å²) in [6.07, 6.45) is 5.28. The molecule has 0 aromatic rings. The fraction of sp³-hybridized carbons (Fsp3) is 0.929. The molecule has 2 fully saturated rings. The maximum atomic E-state index is 12.3. The molecule has 5 nitrogen and oxygen atoms in total. The standard InChI is InChI=1S/C14H26N2O3/c1-2-13(15)14(17)16(9-11-5-3-7-18-11)10-12-6-4-8-19-12/h11-13H,2-10,15H2,1H3. The molecule has 0 saturated carbocycles. The van der Waals surface area contributed by atoms with Crippen molar-refractivity contribution in [1.82, 2.24) is 4.90 Å². The highest BCUT2D eigenvalue weighted by atomic mass is 16.5. The lowest BCUT2D eigenvalue weighted by atomic mass is 10.1. The number of nitrogens with zero attached hydrogens (tertiary/aromatic N) is 1. The Kier molecular flexibility index (Phi) is 5.60. The molecule has 1 amide bonds. The van der Waals surface area contributed by atoms with Gasteiger partial charge in [-0.25, -0.2) is 0 Å². The van der Waals surface area contributed by atoms with Gasteiger partial charge in [-0.05, 0) is 32.1 Å². The minimum Gasteiger partial charge on any atom is -0.376 e. The minimum atomic E-state index is -0.400. The lowest BCUT2D eigenvalue weighted by Gasteiger charge is -2.29. The number of carbonyl (C=O) groups is 1. The van der Waals surface area contributed by atoms with Crippen LogP contribution < -0.4 is 5.73 Å². The van der Waals surface area contributed by atoms with Crippen LogP contribution in [0.3, 0.4) is 0 Å². The zero-order valence-corrected chi connectivity index (χ0v) is 11.8. The first-order valence-electron chi connectivity index (χ1n) is 7.48. The molecule has 0 aromatic carbocycles. The largest absolute Gasteiger partial charge is 0.376 e. The summed E-state index contributed by atoms with van der Waals surface area (Å²) < 4.78 is 11.3. The van der Waals surface area contributed by atoms with Crippen LogP contribution in [0.25, 0.3) is 0 Å². The number of amides is 1. The van der Waals surface area contributed by atoms with E-state index in [1.165, 1.54) is 0 Å². The van der Waals surface area contributed by atoms with Crippen LogP contribution in [-0.4, -0.2) is 55.4 Å². The topological polar surface area (TPSA) is 64.8 Å². The summed E-state index contributed by atoms with van der Waals surface area (Å²) >= 11 is 0. The molecule has 110 valence electrons. The molecule has 5 heteroatoms. The summed E-state index contributed by atoms with van der Waals surface area (Å²) in [6, 6.07) is -0.400. The molecule has 2 N–H and O–H groups in total. The normalized spacial score (nSPS) is 28.5. The van der Waals surface area contributed by atoms with Gasteiger partial charge in [-0.1, -0.05) is 6.92 Å². The van der Waals surface area contributed by atoms with Gasteiger partial charge in [-0.2, -0.15) is 0 Å². The fourth-order valence-corrected chi connectivity index (χ4v) is 2.73. The van der Waals surface area contributed by atoms with Crippen LogP contribution in [-0.2, 0) is 14.3 Å². The molecule has 3 atom stereocenters. The summed E-state index contributed by atoms with van der Waals surface area (Å²) in [5, 5.41) is 0. The first kappa shape index (κ1) is 14.8. The molecule has 2 aliphatic rings. The second-order valence-corrected chi connectivity index (χ2v) is 5.53. The predicted molar refractivity (Wildman–Crippen MR) is 72.8 cm³/mol. The van der Waals surface area contributed by atoms with Crippen molar-refractivity contribution in [3.05, 3.63) is 0 Å². The van der Waals surface area contributed by atoms with Gasteiger partial charge >= 0.3 is 0 Å². The van der Waals surface area contributed by atoms with Crippen LogP contribution in [0.5, 0.6) is 0 Å². The third-order valence-electron chi connectivity index (χ3n) is 3.96. The Morgan fingerprint density at radius 2 is 1.74 bits per heavy atom. The SMILES string of the molecule is CCC(N)C(=O)N(CC1CCCO1)CC1CCCO1. The van der Waals surface area contributed by atoms with Gasteiger partial charge in [0, 0.05) is 26.3 Å². The van der Waals surface area contributed by atoms with Gasteiger partial charge in [0.05, 0.1) is 18.2 Å². The van der Waals surface area contributed by atoms with Crippen LogP contribution in [0.4, 0.5) is 0 Å². The monoisotopic (exact) mass is 270 g/mol. The van der Waals surface area contributed by atoms with E-state index >= 15 is 0 Å². The molecule has 0 aromatic heterocycles. The van der Waals surface area contributed by atoms with Gasteiger partial charge in [0.2, 0.25) is 5.91 Å².